The van der Waals surface area contributed by atoms with E-state index >= 15 is 0 Å². The molecule has 0 aliphatic carbocycles. The first kappa shape index (κ1) is 18.2. The third kappa shape index (κ3) is 4.14. The molecule has 1 aliphatic rings. The van der Waals surface area contributed by atoms with E-state index in [1.165, 1.54) is 19.4 Å². The van der Waals surface area contributed by atoms with Crippen molar-refractivity contribution in [1.82, 2.24) is 4.90 Å². The Morgan fingerprint density at radius 2 is 2.15 bits per heavy atom. The number of aromatic hydroxyl groups is 1. The highest BCUT2D eigenvalue weighted by molar-refractivity contribution is 5.71. The fourth-order valence-corrected chi connectivity index (χ4v) is 2.91. The van der Waals surface area contributed by atoms with Crippen molar-refractivity contribution < 1.29 is 28.2 Å². The molecule has 1 atom stereocenters. The van der Waals surface area contributed by atoms with Crippen LogP contribution in [0.3, 0.4) is 0 Å². The SMILES string of the molecule is COC(=O)C[C@@H](c1ccco1)c1oc(CN2CCOCC2)cc(=O)c1O. The van der Waals surface area contributed by atoms with Gasteiger partial charge in [0.25, 0.3) is 0 Å². The van der Waals surface area contributed by atoms with E-state index in [0.29, 0.717) is 31.3 Å². The van der Waals surface area contributed by atoms with Crippen LogP contribution in [-0.2, 0) is 20.8 Å². The van der Waals surface area contributed by atoms with Gasteiger partial charge in [-0.1, -0.05) is 0 Å². The van der Waals surface area contributed by atoms with Gasteiger partial charge in [-0.2, -0.15) is 0 Å². The van der Waals surface area contributed by atoms with Crippen molar-refractivity contribution >= 4 is 5.97 Å². The number of hydrogen-bond acceptors (Lipinski definition) is 8. The summed E-state index contributed by atoms with van der Waals surface area (Å²) < 4.78 is 21.2. The van der Waals surface area contributed by atoms with E-state index in [2.05, 4.69) is 4.90 Å². The number of carbonyl (C=O) groups is 1. The van der Waals surface area contributed by atoms with Gasteiger partial charge in [0, 0.05) is 19.2 Å². The molecule has 0 aromatic carbocycles. The van der Waals surface area contributed by atoms with Crippen LogP contribution in [0.4, 0.5) is 0 Å². The summed E-state index contributed by atoms with van der Waals surface area (Å²) in [5.74, 6) is -0.979. The molecular formula is C18H21NO7. The molecular weight excluding hydrogens is 342 g/mol. The lowest BCUT2D eigenvalue weighted by atomic mass is 9.98. The number of ether oxygens (including phenoxy) is 2. The molecule has 1 saturated heterocycles. The van der Waals surface area contributed by atoms with Gasteiger partial charge < -0.3 is 23.4 Å². The van der Waals surface area contributed by atoms with E-state index in [0.717, 1.165) is 13.1 Å². The standard InChI is InChI=1S/C18H21NO7/c1-23-16(21)10-13(15-3-2-6-25-15)18-17(22)14(20)9-12(26-18)11-19-4-7-24-8-5-19/h2-3,6,9,13,22H,4-5,7-8,10-11H2,1H3/t13-/m0/s1. The Morgan fingerprint density at radius 1 is 1.38 bits per heavy atom. The highest BCUT2D eigenvalue weighted by Crippen LogP contribution is 2.33. The number of furan rings is 1. The second-order valence-electron chi connectivity index (χ2n) is 6.03. The van der Waals surface area contributed by atoms with Crippen molar-refractivity contribution in [3.05, 3.63) is 52.0 Å². The summed E-state index contributed by atoms with van der Waals surface area (Å²) in [5, 5.41) is 10.2. The number of methoxy groups -OCH3 is 1. The molecule has 8 nitrogen and oxygen atoms in total. The summed E-state index contributed by atoms with van der Waals surface area (Å²) in [7, 11) is 1.27. The maximum atomic E-state index is 12.2. The molecule has 0 amide bonds. The van der Waals surface area contributed by atoms with Crippen LogP contribution in [-0.4, -0.2) is 49.4 Å². The van der Waals surface area contributed by atoms with Gasteiger partial charge in [-0.25, -0.2) is 0 Å². The van der Waals surface area contributed by atoms with Crippen LogP contribution < -0.4 is 5.43 Å². The zero-order valence-electron chi connectivity index (χ0n) is 14.5. The van der Waals surface area contributed by atoms with Gasteiger partial charge in [0.2, 0.25) is 11.2 Å². The first-order valence-electron chi connectivity index (χ1n) is 8.34. The lowest BCUT2D eigenvalue weighted by Gasteiger charge is -2.26. The van der Waals surface area contributed by atoms with Crippen LogP contribution in [0.15, 0.2) is 38.1 Å². The van der Waals surface area contributed by atoms with Crippen LogP contribution in [0.2, 0.25) is 0 Å². The summed E-state index contributed by atoms with van der Waals surface area (Å²) in [6.07, 6.45) is 1.33. The average molecular weight is 363 g/mol. The molecule has 0 unspecified atom stereocenters. The third-order valence-electron chi connectivity index (χ3n) is 4.28. The molecule has 0 bridgehead atoms. The fourth-order valence-electron chi connectivity index (χ4n) is 2.91. The summed E-state index contributed by atoms with van der Waals surface area (Å²) in [6.45, 7) is 3.10. The lowest BCUT2D eigenvalue weighted by Crippen LogP contribution is -2.35. The minimum Gasteiger partial charge on any atom is -0.502 e. The largest absolute Gasteiger partial charge is 0.502 e. The Hall–Kier alpha value is -2.58. The number of esters is 1. The van der Waals surface area contributed by atoms with Gasteiger partial charge in [0.15, 0.2) is 5.76 Å². The molecule has 8 heteroatoms. The maximum Gasteiger partial charge on any atom is 0.306 e. The zero-order valence-corrected chi connectivity index (χ0v) is 14.5. The van der Waals surface area contributed by atoms with Gasteiger partial charge in [-0.3, -0.25) is 14.5 Å². The summed E-state index contributed by atoms with van der Waals surface area (Å²) >= 11 is 0. The number of rotatable bonds is 6. The van der Waals surface area contributed by atoms with Gasteiger partial charge >= 0.3 is 5.97 Å². The molecule has 0 spiro atoms. The second-order valence-corrected chi connectivity index (χ2v) is 6.03. The molecule has 0 saturated carbocycles. The summed E-state index contributed by atoms with van der Waals surface area (Å²) in [5.41, 5.74) is -0.559. The number of hydrogen-bond donors (Lipinski definition) is 1. The van der Waals surface area contributed by atoms with Crippen molar-refractivity contribution in [2.45, 2.75) is 18.9 Å². The molecule has 0 radical (unpaired) electrons. The molecule has 3 rings (SSSR count). The molecule has 1 fully saturated rings. The van der Waals surface area contributed by atoms with Gasteiger partial charge in [0.05, 0.1) is 45.5 Å². The van der Waals surface area contributed by atoms with E-state index in [4.69, 9.17) is 18.3 Å². The molecule has 140 valence electrons. The Morgan fingerprint density at radius 3 is 2.81 bits per heavy atom. The second kappa shape index (κ2) is 8.20. The van der Waals surface area contributed by atoms with E-state index in [-0.39, 0.29) is 12.2 Å². The lowest BCUT2D eigenvalue weighted by molar-refractivity contribution is -0.141. The van der Waals surface area contributed by atoms with E-state index < -0.39 is 23.1 Å². The number of nitrogens with zero attached hydrogens (tertiary/aromatic N) is 1. The normalized spacial score (nSPS) is 16.3. The van der Waals surface area contributed by atoms with Crippen molar-refractivity contribution in [1.29, 1.82) is 0 Å². The number of carbonyl (C=O) groups excluding carboxylic acids is 1. The summed E-state index contributed by atoms with van der Waals surface area (Å²) in [4.78, 5) is 26.1. The van der Waals surface area contributed by atoms with E-state index in [1.54, 1.807) is 12.1 Å². The fraction of sp³-hybridized carbons (Fsp3) is 0.444. The van der Waals surface area contributed by atoms with E-state index in [1.807, 2.05) is 0 Å². The predicted octanol–water partition coefficient (Wildman–Crippen LogP) is 1.47. The molecule has 26 heavy (non-hydrogen) atoms. The molecule has 2 aromatic heterocycles. The Labute approximate surface area is 149 Å². The Bertz CT molecular complexity index is 790. The highest BCUT2D eigenvalue weighted by atomic mass is 16.5. The minimum absolute atomic E-state index is 0.00103. The predicted molar refractivity (Wildman–Crippen MR) is 89.9 cm³/mol. The average Bonchev–Trinajstić information content (AvgIpc) is 3.18. The Kier molecular flexibility index (Phi) is 5.75. The third-order valence-corrected chi connectivity index (χ3v) is 4.28. The van der Waals surface area contributed by atoms with Gasteiger partial charge in [-0.05, 0) is 12.1 Å². The van der Waals surface area contributed by atoms with Crippen LogP contribution in [0.5, 0.6) is 5.75 Å². The molecule has 1 N–H and O–H groups in total. The molecule has 3 heterocycles. The monoisotopic (exact) mass is 363 g/mol. The van der Waals surface area contributed by atoms with Crippen molar-refractivity contribution in [3.8, 4) is 5.75 Å². The summed E-state index contributed by atoms with van der Waals surface area (Å²) in [6, 6.07) is 4.58. The maximum absolute atomic E-state index is 12.2. The first-order chi connectivity index (χ1) is 12.6. The van der Waals surface area contributed by atoms with E-state index in [9.17, 15) is 14.7 Å². The topological polar surface area (TPSA) is 102 Å². The van der Waals surface area contributed by atoms with Gasteiger partial charge in [0.1, 0.15) is 11.5 Å². The Balaban J connectivity index is 1.94. The van der Waals surface area contributed by atoms with Crippen LogP contribution in [0.1, 0.15) is 29.6 Å². The van der Waals surface area contributed by atoms with Crippen LogP contribution in [0.25, 0.3) is 0 Å². The highest BCUT2D eigenvalue weighted by Gasteiger charge is 2.29. The molecule has 2 aromatic rings. The van der Waals surface area contributed by atoms with Gasteiger partial charge in [-0.15, -0.1) is 0 Å². The van der Waals surface area contributed by atoms with Crippen molar-refractivity contribution in [2.24, 2.45) is 0 Å². The zero-order chi connectivity index (χ0) is 18.5. The minimum atomic E-state index is -0.755. The van der Waals surface area contributed by atoms with Crippen LogP contribution >= 0.6 is 0 Å². The first-order valence-corrected chi connectivity index (χ1v) is 8.34. The smallest absolute Gasteiger partial charge is 0.306 e. The van der Waals surface area contributed by atoms with Crippen molar-refractivity contribution in [2.75, 3.05) is 33.4 Å². The molecule has 1 aliphatic heterocycles. The quantitative estimate of drug-likeness (QED) is 0.770. The van der Waals surface area contributed by atoms with Crippen LogP contribution in [0, 0.1) is 0 Å². The van der Waals surface area contributed by atoms with Crippen molar-refractivity contribution in [3.63, 3.8) is 0 Å². The number of morpholine rings is 1.